The number of halogens is 1. The molecule has 0 aliphatic rings. The lowest BCUT2D eigenvalue weighted by Crippen LogP contribution is -2.26. The van der Waals surface area contributed by atoms with Gasteiger partial charge in [-0.1, -0.05) is 48.0 Å². The van der Waals surface area contributed by atoms with Gasteiger partial charge in [0.2, 0.25) is 5.91 Å². The molecule has 0 spiro atoms. The quantitative estimate of drug-likeness (QED) is 0.615. The number of anilines is 1. The Kier molecular flexibility index (Phi) is 6.70. The maximum Gasteiger partial charge on any atom is 0.244 e. The standard InChI is InChI=1S/C19H21ClN2O/c1-22(17-9-3-2-4-10-17)15-7-14-21-19(23)13-12-16-8-5-6-11-18(16)20/h2-6,8-13H,7,14-15H2,1H3,(H,21,23)/b13-12+. The zero-order valence-corrected chi connectivity index (χ0v) is 14.0. The van der Waals surface area contributed by atoms with Crippen molar-refractivity contribution in [1.29, 1.82) is 0 Å². The second kappa shape index (κ2) is 9.01. The van der Waals surface area contributed by atoms with Gasteiger partial charge in [-0.3, -0.25) is 4.79 Å². The third kappa shape index (κ3) is 5.80. The topological polar surface area (TPSA) is 32.3 Å². The molecule has 0 aliphatic carbocycles. The Hall–Kier alpha value is -2.26. The molecule has 0 saturated heterocycles. The summed E-state index contributed by atoms with van der Waals surface area (Å²) in [7, 11) is 2.05. The Morgan fingerprint density at radius 1 is 1.13 bits per heavy atom. The van der Waals surface area contributed by atoms with Gasteiger partial charge in [0.1, 0.15) is 0 Å². The first kappa shape index (κ1) is 17.1. The molecule has 0 heterocycles. The van der Waals surface area contributed by atoms with E-state index in [1.807, 2.05) is 36.4 Å². The van der Waals surface area contributed by atoms with Crippen LogP contribution in [0.5, 0.6) is 0 Å². The van der Waals surface area contributed by atoms with Crippen molar-refractivity contribution < 1.29 is 4.79 Å². The van der Waals surface area contributed by atoms with Crippen LogP contribution < -0.4 is 10.2 Å². The van der Waals surface area contributed by atoms with E-state index >= 15 is 0 Å². The van der Waals surface area contributed by atoms with E-state index in [4.69, 9.17) is 11.6 Å². The van der Waals surface area contributed by atoms with Gasteiger partial charge in [0.05, 0.1) is 0 Å². The van der Waals surface area contributed by atoms with E-state index in [0.29, 0.717) is 11.6 Å². The second-order valence-corrected chi connectivity index (χ2v) is 5.66. The largest absolute Gasteiger partial charge is 0.375 e. The Balaban J connectivity index is 1.70. The number of carbonyl (C=O) groups excluding carboxylic acids is 1. The molecule has 0 aliphatic heterocycles. The Bertz CT molecular complexity index is 655. The smallest absolute Gasteiger partial charge is 0.244 e. The zero-order chi connectivity index (χ0) is 16.5. The molecule has 3 nitrogen and oxygen atoms in total. The summed E-state index contributed by atoms with van der Waals surface area (Å²) in [6.07, 6.45) is 4.13. The molecular formula is C19H21ClN2O. The van der Waals surface area contributed by atoms with Crippen LogP contribution in [0.25, 0.3) is 6.08 Å². The number of rotatable bonds is 7. The Morgan fingerprint density at radius 2 is 1.83 bits per heavy atom. The molecule has 0 unspecified atom stereocenters. The SMILES string of the molecule is CN(CCCNC(=O)/C=C/c1ccccc1Cl)c1ccccc1. The van der Waals surface area contributed by atoms with Crippen molar-refractivity contribution in [3.05, 3.63) is 71.3 Å². The summed E-state index contributed by atoms with van der Waals surface area (Å²) < 4.78 is 0. The van der Waals surface area contributed by atoms with Crippen LogP contribution in [-0.4, -0.2) is 26.0 Å². The normalized spacial score (nSPS) is 10.7. The van der Waals surface area contributed by atoms with Gasteiger partial charge in [-0.05, 0) is 36.3 Å². The fraction of sp³-hybridized carbons (Fsp3) is 0.211. The van der Waals surface area contributed by atoms with Crippen LogP contribution in [0.3, 0.4) is 0 Å². The van der Waals surface area contributed by atoms with Gasteiger partial charge in [0, 0.05) is 36.9 Å². The molecule has 0 fully saturated rings. The van der Waals surface area contributed by atoms with Gasteiger partial charge in [-0.25, -0.2) is 0 Å². The van der Waals surface area contributed by atoms with Crippen molar-refractivity contribution in [2.24, 2.45) is 0 Å². The second-order valence-electron chi connectivity index (χ2n) is 5.26. The van der Waals surface area contributed by atoms with Gasteiger partial charge >= 0.3 is 0 Å². The molecule has 0 radical (unpaired) electrons. The van der Waals surface area contributed by atoms with E-state index in [9.17, 15) is 4.79 Å². The molecule has 0 saturated carbocycles. The Morgan fingerprint density at radius 3 is 2.57 bits per heavy atom. The average Bonchev–Trinajstić information content (AvgIpc) is 2.58. The molecule has 4 heteroatoms. The van der Waals surface area contributed by atoms with E-state index in [2.05, 4.69) is 29.4 Å². The third-order valence-electron chi connectivity index (χ3n) is 3.49. The maximum atomic E-state index is 11.8. The van der Waals surface area contributed by atoms with Crippen LogP contribution in [0, 0.1) is 0 Å². The van der Waals surface area contributed by atoms with E-state index in [0.717, 1.165) is 18.5 Å². The lowest BCUT2D eigenvalue weighted by molar-refractivity contribution is -0.116. The molecular weight excluding hydrogens is 308 g/mol. The van der Waals surface area contributed by atoms with Crippen molar-refractivity contribution in [1.82, 2.24) is 5.32 Å². The summed E-state index contributed by atoms with van der Waals surface area (Å²) in [5, 5.41) is 3.52. The van der Waals surface area contributed by atoms with Gasteiger partial charge < -0.3 is 10.2 Å². The van der Waals surface area contributed by atoms with Gasteiger partial charge in [-0.2, -0.15) is 0 Å². The van der Waals surface area contributed by atoms with Crippen LogP contribution in [0.4, 0.5) is 5.69 Å². The highest BCUT2D eigenvalue weighted by atomic mass is 35.5. The third-order valence-corrected chi connectivity index (χ3v) is 3.83. The van der Waals surface area contributed by atoms with E-state index in [1.54, 1.807) is 12.1 Å². The number of nitrogens with zero attached hydrogens (tertiary/aromatic N) is 1. The van der Waals surface area contributed by atoms with Crippen LogP contribution in [-0.2, 0) is 4.79 Å². The van der Waals surface area contributed by atoms with Gasteiger partial charge in [0.25, 0.3) is 0 Å². The predicted octanol–water partition coefficient (Wildman–Crippen LogP) is 4.00. The van der Waals surface area contributed by atoms with Crippen LogP contribution in [0.2, 0.25) is 5.02 Å². The number of carbonyl (C=O) groups is 1. The zero-order valence-electron chi connectivity index (χ0n) is 13.2. The fourth-order valence-electron chi connectivity index (χ4n) is 2.17. The lowest BCUT2D eigenvalue weighted by Gasteiger charge is -2.19. The molecule has 2 aromatic rings. The van der Waals surface area contributed by atoms with Crippen molar-refractivity contribution in [3.8, 4) is 0 Å². The first-order valence-corrected chi connectivity index (χ1v) is 8.01. The molecule has 2 aromatic carbocycles. The highest BCUT2D eigenvalue weighted by Gasteiger charge is 2.00. The summed E-state index contributed by atoms with van der Waals surface area (Å²) in [4.78, 5) is 14.0. The molecule has 23 heavy (non-hydrogen) atoms. The highest BCUT2D eigenvalue weighted by molar-refractivity contribution is 6.32. The van der Waals surface area contributed by atoms with E-state index in [-0.39, 0.29) is 5.91 Å². The molecule has 1 N–H and O–H groups in total. The van der Waals surface area contributed by atoms with Crippen molar-refractivity contribution in [2.45, 2.75) is 6.42 Å². The van der Waals surface area contributed by atoms with Crippen molar-refractivity contribution in [3.63, 3.8) is 0 Å². The number of hydrogen-bond acceptors (Lipinski definition) is 2. The number of benzene rings is 2. The summed E-state index contributed by atoms with van der Waals surface area (Å²) in [5.41, 5.74) is 2.02. The minimum absolute atomic E-state index is 0.104. The molecule has 120 valence electrons. The monoisotopic (exact) mass is 328 g/mol. The van der Waals surface area contributed by atoms with Gasteiger partial charge in [-0.15, -0.1) is 0 Å². The highest BCUT2D eigenvalue weighted by Crippen LogP contribution is 2.16. The average molecular weight is 329 g/mol. The fourth-order valence-corrected chi connectivity index (χ4v) is 2.37. The minimum Gasteiger partial charge on any atom is -0.375 e. The molecule has 2 rings (SSSR count). The number of para-hydroxylation sites is 1. The van der Waals surface area contributed by atoms with Gasteiger partial charge in [0.15, 0.2) is 0 Å². The van der Waals surface area contributed by atoms with E-state index < -0.39 is 0 Å². The summed E-state index contributed by atoms with van der Waals surface area (Å²) in [6.45, 7) is 1.53. The number of hydrogen-bond donors (Lipinski definition) is 1. The summed E-state index contributed by atoms with van der Waals surface area (Å²) in [6, 6.07) is 17.6. The number of amides is 1. The first-order chi connectivity index (χ1) is 11.2. The van der Waals surface area contributed by atoms with Crippen LogP contribution >= 0.6 is 11.6 Å². The molecule has 0 bridgehead atoms. The van der Waals surface area contributed by atoms with Crippen molar-refractivity contribution in [2.75, 3.05) is 25.0 Å². The number of nitrogens with one attached hydrogen (secondary N) is 1. The predicted molar refractivity (Wildman–Crippen MR) is 97.8 cm³/mol. The first-order valence-electron chi connectivity index (χ1n) is 7.63. The van der Waals surface area contributed by atoms with Crippen LogP contribution in [0.1, 0.15) is 12.0 Å². The Labute approximate surface area is 142 Å². The molecule has 0 atom stereocenters. The maximum absolute atomic E-state index is 11.8. The molecule has 0 aromatic heterocycles. The summed E-state index contributed by atoms with van der Waals surface area (Å²) in [5.74, 6) is -0.104. The van der Waals surface area contributed by atoms with E-state index in [1.165, 1.54) is 11.8 Å². The minimum atomic E-state index is -0.104. The summed E-state index contributed by atoms with van der Waals surface area (Å²) >= 11 is 6.04. The lowest BCUT2D eigenvalue weighted by atomic mass is 10.2. The van der Waals surface area contributed by atoms with Crippen molar-refractivity contribution >= 4 is 29.3 Å². The van der Waals surface area contributed by atoms with Crippen LogP contribution in [0.15, 0.2) is 60.7 Å². The molecule has 1 amide bonds.